The number of carbonyl (C=O) groups is 1. The normalized spacial score (nSPS) is 20.0. The molecule has 1 saturated carbocycles. The van der Waals surface area contributed by atoms with Crippen LogP contribution < -0.4 is 21.5 Å². The molecule has 0 aromatic carbocycles. The lowest BCUT2D eigenvalue weighted by atomic mass is 9.85. The summed E-state index contributed by atoms with van der Waals surface area (Å²) in [5.41, 5.74) is 2.43. The van der Waals surface area contributed by atoms with Gasteiger partial charge in [0.05, 0.1) is 6.54 Å². The van der Waals surface area contributed by atoms with Gasteiger partial charge in [-0.15, -0.1) is 0 Å². The number of pyridine rings is 1. The van der Waals surface area contributed by atoms with E-state index >= 15 is 0 Å². The van der Waals surface area contributed by atoms with Gasteiger partial charge >= 0.3 is 0 Å². The van der Waals surface area contributed by atoms with Crippen LogP contribution in [-0.4, -0.2) is 46.0 Å². The Balaban J connectivity index is 1.18. The zero-order chi connectivity index (χ0) is 21.2. The molecule has 3 N–H and O–H groups in total. The van der Waals surface area contributed by atoms with E-state index in [9.17, 15) is 9.59 Å². The molecule has 1 unspecified atom stereocenters. The highest BCUT2D eigenvalue weighted by Crippen LogP contribution is 2.25. The van der Waals surface area contributed by atoms with Crippen molar-refractivity contribution in [2.75, 3.05) is 19.6 Å². The fourth-order valence-corrected chi connectivity index (χ4v) is 4.03. The number of rotatable bonds is 7. The van der Waals surface area contributed by atoms with Gasteiger partial charge in [0, 0.05) is 36.9 Å². The third-order valence-electron chi connectivity index (χ3n) is 6.00. The number of hydrogen-bond donors (Lipinski definition) is 3. The third kappa shape index (κ3) is 4.25. The van der Waals surface area contributed by atoms with Crippen LogP contribution in [0.4, 0.5) is 0 Å². The first kappa shape index (κ1) is 19.6. The quantitative estimate of drug-likeness (QED) is 0.629. The SMILES string of the molecule is O=C(NCC1=CN2C=C(CNCC3CCC3)C=CC2N1)c1cc(=O)n2ccccc2n1. The smallest absolute Gasteiger partial charge is 0.270 e. The first-order valence-electron chi connectivity index (χ1n) is 10.8. The number of hydrogen-bond acceptors (Lipinski definition) is 6. The van der Waals surface area contributed by atoms with E-state index in [0.29, 0.717) is 12.2 Å². The monoisotopic (exact) mass is 418 g/mol. The summed E-state index contributed by atoms with van der Waals surface area (Å²) < 4.78 is 1.41. The summed E-state index contributed by atoms with van der Waals surface area (Å²) in [5.74, 6) is 0.473. The minimum Gasteiger partial charge on any atom is -0.362 e. The van der Waals surface area contributed by atoms with Crippen LogP contribution in [-0.2, 0) is 0 Å². The first-order valence-corrected chi connectivity index (χ1v) is 10.8. The Morgan fingerprint density at radius 2 is 2.13 bits per heavy atom. The van der Waals surface area contributed by atoms with Gasteiger partial charge < -0.3 is 20.9 Å². The van der Waals surface area contributed by atoms with E-state index in [1.807, 2.05) is 6.20 Å². The number of amides is 1. The van der Waals surface area contributed by atoms with Crippen molar-refractivity contribution in [3.05, 3.63) is 82.3 Å². The predicted octanol–water partition coefficient (Wildman–Crippen LogP) is 1.34. The molecule has 2 aliphatic heterocycles. The Bertz CT molecular complexity index is 1140. The van der Waals surface area contributed by atoms with Gasteiger partial charge in [-0.3, -0.25) is 14.0 Å². The van der Waals surface area contributed by atoms with Gasteiger partial charge in [0.2, 0.25) is 0 Å². The molecule has 31 heavy (non-hydrogen) atoms. The minimum absolute atomic E-state index is 0.0609. The summed E-state index contributed by atoms with van der Waals surface area (Å²) in [7, 11) is 0. The summed E-state index contributed by atoms with van der Waals surface area (Å²) in [6.07, 6.45) is 14.2. The van der Waals surface area contributed by atoms with Gasteiger partial charge in [0.15, 0.2) is 0 Å². The second kappa shape index (κ2) is 8.39. The van der Waals surface area contributed by atoms with Crippen molar-refractivity contribution in [1.82, 2.24) is 30.2 Å². The molecule has 8 nitrogen and oxygen atoms in total. The first-order chi connectivity index (χ1) is 15.2. The second-order valence-electron chi connectivity index (χ2n) is 8.27. The van der Waals surface area contributed by atoms with E-state index in [1.165, 1.54) is 35.3 Å². The standard InChI is InChI=1S/C23H26N6O2/c30-22-10-19(27-21-6-1-2-9-29(21)22)23(31)25-13-18-15-28-14-17(7-8-20(28)26-18)12-24-11-16-4-3-5-16/h1-2,6-10,14-16,20,24,26H,3-5,11-13H2,(H,25,31). The molecular weight excluding hydrogens is 392 g/mol. The molecule has 1 amide bonds. The van der Waals surface area contributed by atoms with Crippen LogP contribution in [0.3, 0.4) is 0 Å². The lowest BCUT2D eigenvalue weighted by Gasteiger charge is -2.27. The average Bonchev–Trinajstić information content (AvgIpc) is 3.16. The van der Waals surface area contributed by atoms with E-state index in [2.05, 4.69) is 44.2 Å². The summed E-state index contributed by atoms with van der Waals surface area (Å²) in [5, 5.41) is 9.78. The molecule has 2 aromatic rings. The molecule has 0 saturated heterocycles. The van der Waals surface area contributed by atoms with Gasteiger partial charge in [-0.2, -0.15) is 0 Å². The molecular formula is C23H26N6O2. The van der Waals surface area contributed by atoms with Crippen molar-refractivity contribution in [2.24, 2.45) is 5.92 Å². The van der Waals surface area contributed by atoms with Gasteiger partial charge in [0.1, 0.15) is 17.5 Å². The summed E-state index contributed by atoms with van der Waals surface area (Å²) in [6, 6.07) is 6.50. The molecule has 3 aliphatic rings. The molecule has 160 valence electrons. The molecule has 2 aromatic heterocycles. The van der Waals surface area contributed by atoms with Crippen LogP contribution in [0.1, 0.15) is 29.8 Å². The fraction of sp³-hybridized carbons (Fsp3) is 0.348. The number of nitrogens with zero attached hydrogens (tertiary/aromatic N) is 3. The van der Waals surface area contributed by atoms with Crippen LogP contribution in [0, 0.1) is 5.92 Å². The number of aromatic nitrogens is 2. The van der Waals surface area contributed by atoms with Crippen molar-refractivity contribution in [3.63, 3.8) is 0 Å². The lowest BCUT2D eigenvalue weighted by molar-refractivity contribution is 0.0951. The minimum atomic E-state index is -0.372. The lowest BCUT2D eigenvalue weighted by Crippen LogP contribution is -2.36. The fourth-order valence-electron chi connectivity index (χ4n) is 4.03. The van der Waals surface area contributed by atoms with E-state index in [0.717, 1.165) is 24.7 Å². The molecule has 1 atom stereocenters. The maximum atomic E-state index is 12.5. The van der Waals surface area contributed by atoms with Crippen LogP contribution in [0.5, 0.6) is 0 Å². The number of fused-ring (bicyclic) bond motifs is 2. The Labute approximate surface area is 180 Å². The van der Waals surface area contributed by atoms with Crippen molar-refractivity contribution in [2.45, 2.75) is 25.4 Å². The molecule has 1 aliphatic carbocycles. The maximum absolute atomic E-state index is 12.5. The molecule has 8 heteroatoms. The van der Waals surface area contributed by atoms with Crippen molar-refractivity contribution < 1.29 is 4.79 Å². The van der Waals surface area contributed by atoms with Crippen molar-refractivity contribution in [1.29, 1.82) is 0 Å². The Morgan fingerprint density at radius 1 is 1.23 bits per heavy atom. The Hall–Kier alpha value is -3.39. The van der Waals surface area contributed by atoms with E-state index in [4.69, 9.17) is 0 Å². The topological polar surface area (TPSA) is 90.8 Å². The number of carbonyl (C=O) groups excluding carboxylic acids is 1. The summed E-state index contributed by atoms with van der Waals surface area (Å²) >= 11 is 0. The zero-order valence-electron chi connectivity index (χ0n) is 17.3. The van der Waals surface area contributed by atoms with Crippen molar-refractivity contribution in [3.8, 4) is 0 Å². The number of nitrogens with one attached hydrogen (secondary N) is 3. The molecule has 4 heterocycles. The molecule has 5 rings (SSSR count). The van der Waals surface area contributed by atoms with E-state index in [-0.39, 0.29) is 23.3 Å². The highest BCUT2D eigenvalue weighted by molar-refractivity contribution is 5.92. The van der Waals surface area contributed by atoms with Crippen LogP contribution >= 0.6 is 0 Å². The van der Waals surface area contributed by atoms with Gasteiger partial charge in [-0.05, 0) is 49.1 Å². The van der Waals surface area contributed by atoms with E-state index < -0.39 is 0 Å². The zero-order valence-corrected chi connectivity index (χ0v) is 17.3. The highest BCUT2D eigenvalue weighted by Gasteiger charge is 2.23. The van der Waals surface area contributed by atoms with Crippen LogP contribution in [0.2, 0.25) is 0 Å². The maximum Gasteiger partial charge on any atom is 0.270 e. The molecule has 0 radical (unpaired) electrons. The second-order valence-corrected chi connectivity index (χ2v) is 8.27. The third-order valence-corrected chi connectivity index (χ3v) is 6.00. The molecule has 1 fully saturated rings. The molecule has 0 spiro atoms. The average molecular weight is 419 g/mol. The van der Waals surface area contributed by atoms with Gasteiger partial charge in [0.25, 0.3) is 11.5 Å². The molecule has 0 bridgehead atoms. The van der Waals surface area contributed by atoms with Crippen LogP contribution in [0.15, 0.2) is 71.1 Å². The van der Waals surface area contributed by atoms with Gasteiger partial charge in [-0.1, -0.05) is 18.6 Å². The van der Waals surface area contributed by atoms with E-state index in [1.54, 1.807) is 24.4 Å². The van der Waals surface area contributed by atoms with Crippen LogP contribution in [0.25, 0.3) is 5.65 Å². The van der Waals surface area contributed by atoms with Gasteiger partial charge in [-0.25, -0.2) is 4.98 Å². The predicted molar refractivity (Wildman–Crippen MR) is 118 cm³/mol. The largest absolute Gasteiger partial charge is 0.362 e. The summed E-state index contributed by atoms with van der Waals surface area (Å²) in [6.45, 7) is 2.28. The highest BCUT2D eigenvalue weighted by atomic mass is 16.2. The van der Waals surface area contributed by atoms with Crippen molar-refractivity contribution >= 4 is 11.6 Å². The summed E-state index contributed by atoms with van der Waals surface area (Å²) in [4.78, 5) is 31.1. The Kier molecular flexibility index (Phi) is 5.30. The Morgan fingerprint density at radius 3 is 2.97 bits per heavy atom.